The maximum atomic E-state index is 11.3. The van der Waals surface area contributed by atoms with E-state index >= 15 is 0 Å². The van der Waals surface area contributed by atoms with Crippen LogP contribution < -0.4 is 4.74 Å². The minimum atomic E-state index is -0.915. The zero-order chi connectivity index (χ0) is 23.4. The molecule has 2 aromatic carbocycles. The number of hydrogen-bond donors (Lipinski definition) is 2. The Hall–Kier alpha value is -2.87. The van der Waals surface area contributed by atoms with Gasteiger partial charge in [-0.2, -0.15) is 0 Å². The van der Waals surface area contributed by atoms with Crippen molar-refractivity contribution in [1.82, 2.24) is 9.88 Å². The second kappa shape index (κ2) is 10.4. The van der Waals surface area contributed by atoms with Gasteiger partial charge >= 0.3 is 5.97 Å². The van der Waals surface area contributed by atoms with Crippen molar-refractivity contribution >= 4 is 16.9 Å². The Kier molecular flexibility index (Phi) is 7.33. The van der Waals surface area contributed by atoms with Crippen LogP contribution >= 0.6 is 0 Å². The number of carboxylic acids is 1. The van der Waals surface area contributed by atoms with Gasteiger partial charge in [-0.25, -0.2) is 4.79 Å². The van der Waals surface area contributed by atoms with Crippen LogP contribution in [0.15, 0.2) is 42.6 Å². The van der Waals surface area contributed by atoms with Gasteiger partial charge in [-0.15, -0.1) is 0 Å². The number of fused-ring (bicyclic) bond motifs is 1. The zero-order valence-corrected chi connectivity index (χ0v) is 19.5. The van der Waals surface area contributed by atoms with E-state index < -0.39 is 5.97 Å². The number of aromatic carboxylic acids is 1. The summed E-state index contributed by atoms with van der Waals surface area (Å²) in [5.74, 6) is -0.0277. The highest BCUT2D eigenvalue weighted by Crippen LogP contribution is 2.37. The average molecular weight is 453 g/mol. The lowest BCUT2D eigenvalue weighted by Gasteiger charge is -2.40. The van der Waals surface area contributed by atoms with E-state index in [9.17, 15) is 9.90 Å². The minimum absolute atomic E-state index is 0.106. The molecule has 1 saturated heterocycles. The number of benzene rings is 2. The Morgan fingerprint density at radius 2 is 1.97 bits per heavy atom. The van der Waals surface area contributed by atoms with Crippen LogP contribution in [0.1, 0.15) is 45.9 Å². The fraction of sp³-hybridized carbons (Fsp3) is 0.423. The summed E-state index contributed by atoms with van der Waals surface area (Å²) in [6.45, 7) is 4.83. The molecule has 1 fully saturated rings. The number of piperidine rings is 1. The van der Waals surface area contributed by atoms with Crippen molar-refractivity contribution < 1.29 is 24.1 Å². The number of nitrogens with zero attached hydrogens (tertiary/aromatic N) is 1. The Morgan fingerprint density at radius 3 is 2.67 bits per heavy atom. The van der Waals surface area contributed by atoms with Gasteiger partial charge in [-0.3, -0.25) is 4.90 Å². The molecule has 0 unspecified atom stereocenters. The summed E-state index contributed by atoms with van der Waals surface area (Å²) in [5, 5.41) is 10.5. The Morgan fingerprint density at radius 1 is 1.18 bits per heavy atom. The van der Waals surface area contributed by atoms with Gasteiger partial charge in [-0.1, -0.05) is 12.1 Å². The number of aromatic amines is 1. The molecule has 2 heterocycles. The van der Waals surface area contributed by atoms with Crippen LogP contribution in [0.5, 0.6) is 5.75 Å². The third kappa shape index (κ3) is 5.05. The van der Waals surface area contributed by atoms with Gasteiger partial charge in [-0.05, 0) is 55.2 Å². The van der Waals surface area contributed by atoms with E-state index in [0.29, 0.717) is 18.8 Å². The van der Waals surface area contributed by atoms with E-state index in [4.69, 9.17) is 14.2 Å². The monoisotopic (exact) mass is 452 g/mol. The van der Waals surface area contributed by atoms with E-state index in [1.807, 2.05) is 18.3 Å². The van der Waals surface area contributed by atoms with Gasteiger partial charge in [0.15, 0.2) is 0 Å². The first kappa shape index (κ1) is 23.3. The fourth-order valence-electron chi connectivity index (χ4n) is 4.80. The quantitative estimate of drug-likeness (QED) is 0.464. The number of carboxylic acid groups (broad SMARTS) is 1. The second-order valence-corrected chi connectivity index (χ2v) is 8.56. The molecule has 7 nitrogen and oxygen atoms in total. The second-order valence-electron chi connectivity index (χ2n) is 8.56. The van der Waals surface area contributed by atoms with Crippen molar-refractivity contribution in [2.24, 2.45) is 0 Å². The highest BCUT2D eigenvalue weighted by molar-refractivity contribution is 5.88. The van der Waals surface area contributed by atoms with Gasteiger partial charge in [0.1, 0.15) is 5.75 Å². The molecule has 2 atom stereocenters. The molecule has 2 N–H and O–H groups in total. The molecular weight excluding hydrogens is 420 g/mol. The van der Waals surface area contributed by atoms with E-state index in [1.54, 1.807) is 26.4 Å². The molecule has 0 saturated carbocycles. The van der Waals surface area contributed by atoms with Gasteiger partial charge in [0.2, 0.25) is 0 Å². The largest absolute Gasteiger partial charge is 0.496 e. The van der Waals surface area contributed by atoms with Crippen LogP contribution in [0.4, 0.5) is 0 Å². The van der Waals surface area contributed by atoms with Crippen LogP contribution in [0.2, 0.25) is 0 Å². The van der Waals surface area contributed by atoms with Gasteiger partial charge < -0.3 is 24.3 Å². The number of nitrogens with one attached hydrogen (secondary N) is 1. The third-order valence-electron chi connectivity index (χ3n) is 6.54. The third-order valence-corrected chi connectivity index (χ3v) is 6.54. The van der Waals surface area contributed by atoms with Crippen LogP contribution in [-0.4, -0.2) is 61.0 Å². The number of aromatic nitrogens is 1. The normalized spacial score (nSPS) is 19.1. The molecule has 1 aromatic heterocycles. The molecule has 0 amide bonds. The van der Waals surface area contributed by atoms with Gasteiger partial charge in [0.05, 0.1) is 32.0 Å². The topological polar surface area (TPSA) is 84.0 Å². The number of hydrogen-bond acceptors (Lipinski definition) is 5. The van der Waals surface area contributed by atoms with E-state index in [-0.39, 0.29) is 12.1 Å². The van der Waals surface area contributed by atoms with Crippen molar-refractivity contribution in [3.63, 3.8) is 0 Å². The Balaban J connectivity index is 1.64. The number of likely N-dealkylation sites (tertiary alicyclic amines) is 1. The zero-order valence-electron chi connectivity index (χ0n) is 19.5. The highest BCUT2D eigenvalue weighted by Gasteiger charge is 2.31. The summed E-state index contributed by atoms with van der Waals surface area (Å²) in [7, 11) is 3.39. The lowest BCUT2D eigenvalue weighted by molar-refractivity contribution is -0.0349. The summed E-state index contributed by atoms with van der Waals surface area (Å²) < 4.78 is 17.0. The van der Waals surface area contributed by atoms with E-state index in [1.165, 1.54) is 5.39 Å². The van der Waals surface area contributed by atoms with E-state index in [2.05, 4.69) is 28.9 Å². The van der Waals surface area contributed by atoms with Crippen molar-refractivity contribution in [1.29, 1.82) is 0 Å². The number of carbonyl (C=O) groups is 1. The SMILES string of the molecule is COCCO[C@H]1CCN(Cc2c(OC)cc(C)c3[nH]ccc23)[C@@H](c2ccc(C(=O)O)cc2)C1. The maximum Gasteiger partial charge on any atom is 0.335 e. The highest BCUT2D eigenvalue weighted by atomic mass is 16.5. The lowest BCUT2D eigenvalue weighted by atomic mass is 9.91. The standard InChI is InChI=1S/C26H32N2O5/c1-17-14-24(32-3)22(21-8-10-27-25(17)21)16-28-11-9-20(33-13-12-31-2)15-23(28)18-4-6-19(7-5-18)26(29)30/h4-8,10,14,20,23,27H,9,11-13,15-16H2,1-3H3,(H,29,30)/t20-,23+/m0/s1. The van der Waals surface area contributed by atoms with Crippen molar-refractivity contribution in [2.75, 3.05) is 34.0 Å². The van der Waals surface area contributed by atoms with Crippen molar-refractivity contribution in [3.8, 4) is 5.75 Å². The van der Waals surface area contributed by atoms with Crippen molar-refractivity contribution in [2.45, 2.75) is 38.5 Å². The summed E-state index contributed by atoms with van der Waals surface area (Å²) in [6, 6.07) is 11.5. The number of aryl methyl sites for hydroxylation is 1. The molecule has 0 spiro atoms. The Bertz CT molecular complexity index is 1090. The van der Waals surface area contributed by atoms with Crippen LogP contribution in [0, 0.1) is 6.92 Å². The minimum Gasteiger partial charge on any atom is -0.496 e. The lowest BCUT2D eigenvalue weighted by Crippen LogP contribution is -2.39. The van der Waals surface area contributed by atoms with E-state index in [0.717, 1.165) is 53.9 Å². The first-order valence-corrected chi connectivity index (χ1v) is 11.3. The number of ether oxygens (including phenoxy) is 3. The molecule has 33 heavy (non-hydrogen) atoms. The molecule has 7 heteroatoms. The van der Waals surface area contributed by atoms with Crippen LogP contribution in [0.3, 0.4) is 0 Å². The van der Waals surface area contributed by atoms with Crippen LogP contribution in [-0.2, 0) is 16.0 Å². The van der Waals surface area contributed by atoms with Crippen molar-refractivity contribution in [3.05, 3.63) is 64.8 Å². The molecule has 0 bridgehead atoms. The first-order valence-electron chi connectivity index (χ1n) is 11.3. The summed E-state index contributed by atoms with van der Waals surface area (Å²) in [6.07, 6.45) is 3.87. The number of H-pyrrole nitrogens is 1. The summed E-state index contributed by atoms with van der Waals surface area (Å²) in [4.78, 5) is 17.1. The molecule has 176 valence electrons. The first-order chi connectivity index (χ1) is 16.0. The van der Waals surface area contributed by atoms with Gasteiger partial charge in [0.25, 0.3) is 0 Å². The molecule has 1 aliphatic rings. The Labute approximate surface area is 194 Å². The smallest absolute Gasteiger partial charge is 0.335 e. The van der Waals surface area contributed by atoms with Gasteiger partial charge in [0, 0.05) is 48.9 Å². The predicted molar refractivity (Wildman–Crippen MR) is 127 cm³/mol. The molecular formula is C26H32N2O5. The fourth-order valence-corrected chi connectivity index (χ4v) is 4.80. The molecule has 3 aromatic rings. The average Bonchev–Trinajstić information content (AvgIpc) is 3.32. The molecule has 0 aliphatic carbocycles. The molecule has 4 rings (SSSR count). The maximum absolute atomic E-state index is 11.3. The molecule has 0 radical (unpaired) electrons. The summed E-state index contributed by atoms with van der Waals surface area (Å²) in [5.41, 5.74) is 4.83. The number of rotatable bonds is 9. The molecule has 1 aliphatic heterocycles. The number of methoxy groups -OCH3 is 2. The predicted octanol–water partition coefficient (Wildman–Crippen LogP) is 4.55. The summed E-state index contributed by atoms with van der Waals surface area (Å²) >= 11 is 0. The van der Waals surface area contributed by atoms with Crippen LogP contribution in [0.25, 0.3) is 10.9 Å².